The van der Waals surface area contributed by atoms with Crippen molar-refractivity contribution < 1.29 is 14.5 Å². The Morgan fingerprint density at radius 1 is 0.955 bits per heavy atom. The third-order valence-electron chi connectivity index (χ3n) is 2.93. The Bertz CT molecular complexity index is 876. The van der Waals surface area contributed by atoms with Crippen LogP contribution in [0.3, 0.4) is 0 Å². The summed E-state index contributed by atoms with van der Waals surface area (Å²) in [5, 5.41) is 32.0. The number of non-ortho nitro benzene ring substituents is 1. The highest BCUT2D eigenvalue weighted by Gasteiger charge is 2.29. The van der Waals surface area contributed by atoms with Gasteiger partial charge in [-0.05, 0) is 22.4 Å². The molecule has 0 bridgehead atoms. The van der Waals surface area contributed by atoms with E-state index in [0.29, 0.717) is 5.69 Å². The second-order valence-electron chi connectivity index (χ2n) is 4.26. The quantitative estimate of drug-likeness (QED) is 0.573. The number of benzene rings is 2. The van der Waals surface area contributed by atoms with Crippen LogP contribution < -0.4 is 5.32 Å². The maximum atomic E-state index is 11.2. The minimum absolute atomic E-state index is 0.0157. The fourth-order valence-corrected chi connectivity index (χ4v) is 1.98. The maximum absolute atomic E-state index is 11.2. The molecule has 0 saturated heterocycles. The normalized spacial score (nSPS) is 10.5. The van der Waals surface area contributed by atoms with Crippen LogP contribution in [0.4, 0.5) is 22.7 Å². The van der Waals surface area contributed by atoms with Gasteiger partial charge in [0.1, 0.15) is 5.69 Å². The summed E-state index contributed by atoms with van der Waals surface area (Å²) in [6, 6.07) is 9.45. The van der Waals surface area contributed by atoms with Crippen molar-refractivity contribution in [2.75, 3.05) is 5.32 Å². The average molecular weight is 301 g/mol. The molecule has 10 heteroatoms. The lowest BCUT2D eigenvalue weighted by atomic mass is 10.2. The van der Waals surface area contributed by atoms with E-state index in [4.69, 9.17) is 0 Å². The predicted molar refractivity (Wildman–Crippen MR) is 74.8 cm³/mol. The molecule has 22 heavy (non-hydrogen) atoms. The fourth-order valence-electron chi connectivity index (χ4n) is 1.98. The van der Waals surface area contributed by atoms with Gasteiger partial charge < -0.3 is 5.32 Å². The molecular formula is C12H7N5O5. The summed E-state index contributed by atoms with van der Waals surface area (Å²) < 4.78 is 4.50. The molecule has 0 atom stereocenters. The molecule has 0 fully saturated rings. The Balaban J connectivity index is 2.26. The summed E-state index contributed by atoms with van der Waals surface area (Å²) in [4.78, 5) is 20.7. The largest absolute Gasteiger partial charge is 0.348 e. The molecule has 10 nitrogen and oxygen atoms in total. The highest BCUT2D eigenvalue weighted by molar-refractivity contribution is 5.99. The zero-order chi connectivity index (χ0) is 15.7. The molecule has 2 aromatic carbocycles. The predicted octanol–water partition coefficient (Wildman–Crippen LogP) is 2.78. The topological polar surface area (TPSA) is 137 Å². The number of nitrogens with zero attached hydrogens (tertiary/aromatic N) is 4. The highest BCUT2D eigenvalue weighted by atomic mass is 16.6. The Labute approximate surface area is 121 Å². The molecule has 0 aliphatic heterocycles. The molecule has 0 radical (unpaired) electrons. The van der Waals surface area contributed by atoms with Crippen LogP contribution in [-0.4, -0.2) is 20.2 Å². The molecule has 0 aliphatic carbocycles. The fraction of sp³-hybridized carbons (Fsp3) is 0. The zero-order valence-corrected chi connectivity index (χ0v) is 10.8. The number of fused-ring (bicyclic) bond motifs is 1. The van der Waals surface area contributed by atoms with Crippen LogP contribution in [-0.2, 0) is 0 Å². The van der Waals surface area contributed by atoms with Gasteiger partial charge in [0.15, 0.2) is 5.52 Å². The summed E-state index contributed by atoms with van der Waals surface area (Å²) in [6.07, 6.45) is 0. The van der Waals surface area contributed by atoms with Crippen molar-refractivity contribution in [3.8, 4) is 0 Å². The third-order valence-corrected chi connectivity index (χ3v) is 2.93. The first kappa shape index (κ1) is 13.4. The number of hydrogen-bond acceptors (Lipinski definition) is 8. The van der Waals surface area contributed by atoms with E-state index in [2.05, 4.69) is 20.3 Å². The van der Waals surface area contributed by atoms with Crippen LogP contribution in [0.1, 0.15) is 0 Å². The zero-order valence-electron chi connectivity index (χ0n) is 10.8. The Kier molecular flexibility index (Phi) is 3.10. The smallest absolute Gasteiger partial charge is 0.307 e. The molecule has 0 saturated carbocycles. The molecule has 1 N–H and O–H groups in total. The van der Waals surface area contributed by atoms with Gasteiger partial charge in [0.05, 0.1) is 15.9 Å². The number of nitrogens with one attached hydrogen (secondary N) is 1. The summed E-state index contributed by atoms with van der Waals surface area (Å²) in [7, 11) is 0. The van der Waals surface area contributed by atoms with E-state index < -0.39 is 21.2 Å². The van der Waals surface area contributed by atoms with Gasteiger partial charge in [-0.3, -0.25) is 20.2 Å². The lowest BCUT2D eigenvalue weighted by Crippen LogP contribution is -2.00. The van der Waals surface area contributed by atoms with Gasteiger partial charge in [-0.25, -0.2) is 4.63 Å². The van der Waals surface area contributed by atoms with E-state index in [1.54, 1.807) is 30.3 Å². The van der Waals surface area contributed by atoms with Gasteiger partial charge in [-0.2, -0.15) is 0 Å². The molecule has 1 heterocycles. The third kappa shape index (κ3) is 2.18. The van der Waals surface area contributed by atoms with E-state index in [0.717, 1.165) is 6.07 Å². The van der Waals surface area contributed by atoms with Crippen LogP contribution in [0.5, 0.6) is 0 Å². The Morgan fingerprint density at radius 2 is 1.59 bits per heavy atom. The van der Waals surface area contributed by atoms with E-state index in [9.17, 15) is 20.2 Å². The number of hydrogen-bond donors (Lipinski definition) is 1. The first-order chi connectivity index (χ1) is 10.6. The van der Waals surface area contributed by atoms with Crippen molar-refractivity contribution in [2.45, 2.75) is 0 Å². The molecule has 3 rings (SSSR count). The number of anilines is 2. The van der Waals surface area contributed by atoms with Crippen LogP contribution in [0.15, 0.2) is 41.0 Å². The molecule has 0 unspecified atom stereocenters. The van der Waals surface area contributed by atoms with Crippen LogP contribution >= 0.6 is 0 Å². The van der Waals surface area contributed by atoms with E-state index in [1.165, 1.54) is 0 Å². The Morgan fingerprint density at radius 3 is 2.23 bits per heavy atom. The molecule has 3 aromatic rings. The lowest BCUT2D eigenvalue weighted by Gasteiger charge is -2.07. The van der Waals surface area contributed by atoms with Crippen molar-refractivity contribution >= 4 is 33.8 Å². The number of nitro benzene ring substituents is 2. The van der Waals surface area contributed by atoms with Gasteiger partial charge in [-0.15, -0.1) is 0 Å². The molecule has 0 spiro atoms. The van der Waals surface area contributed by atoms with E-state index >= 15 is 0 Å². The second kappa shape index (κ2) is 5.09. The lowest BCUT2D eigenvalue weighted by molar-refractivity contribution is -0.392. The van der Waals surface area contributed by atoms with Gasteiger partial charge in [0, 0.05) is 5.69 Å². The maximum Gasteiger partial charge on any atom is 0.307 e. The molecule has 0 aliphatic rings. The van der Waals surface area contributed by atoms with Crippen molar-refractivity contribution in [3.05, 3.63) is 56.6 Å². The SMILES string of the molecule is O=[N+]([O-])c1cc([N+](=O)[O-])c2nonc2c1Nc1ccccc1. The molecule has 1 aromatic heterocycles. The van der Waals surface area contributed by atoms with E-state index in [-0.39, 0.29) is 16.7 Å². The standard InChI is InChI=1S/C12H7N5O5/c18-16(19)8-6-9(17(20)21)11-12(15-22-14-11)10(8)13-7-4-2-1-3-5-7/h1-6,13H. The number of rotatable bonds is 4. The van der Waals surface area contributed by atoms with Crippen LogP contribution in [0.2, 0.25) is 0 Å². The van der Waals surface area contributed by atoms with Crippen LogP contribution in [0, 0.1) is 20.2 Å². The number of nitro groups is 2. The molecule has 0 amide bonds. The van der Waals surface area contributed by atoms with Crippen LogP contribution in [0.25, 0.3) is 11.0 Å². The molecular weight excluding hydrogens is 294 g/mol. The number of para-hydroxylation sites is 1. The minimum atomic E-state index is -0.772. The first-order valence-corrected chi connectivity index (χ1v) is 5.98. The van der Waals surface area contributed by atoms with Gasteiger partial charge in [-0.1, -0.05) is 18.2 Å². The summed E-state index contributed by atoms with van der Waals surface area (Å²) >= 11 is 0. The Hall–Kier alpha value is -3.56. The van der Waals surface area contributed by atoms with Gasteiger partial charge in [0.25, 0.3) is 0 Å². The minimum Gasteiger partial charge on any atom is -0.348 e. The molecule has 110 valence electrons. The van der Waals surface area contributed by atoms with E-state index in [1.807, 2.05) is 0 Å². The summed E-state index contributed by atoms with van der Waals surface area (Å²) in [5.74, 6) is 0. The monoisotopic (exact) mass is 301 g/mol. The average Bonchev–Trinajstić information content (AvgIpc) is 2.97. The summed E-state index contributed by atoms with van der Waals surface area (Å²) in [6.45, 7) is 0. The highest BCUT2D eigenvalue weighted by Crippen LogP contribution is 2.38. The van der Waals surface area contributed by atoms with Gasteiger partial charge in [0.2, 0.25) is 5.52 Å². The summed E-state index contributed by atoms with van der Waals surface area (Å²) in [5.41, 5.74) is -0.721. The van der Waals surface area contributed by atoms with Crippen molar-refractivity contribution in [2.24, 2.45) is 0 Å². The van der Waals surface area contributed by atoms with Crippen molar-refractivity contribution in [1.82, 2.24) is 10.3 Å². The van der Waals surface area contributed by atoms with Gasteiger partial charge >= 0.3 is 11.4 Å². The second-order valence-corrected chi connectivity index (χ2v) is 4.26. The first-order valence-electron chi connectivity index (χ1n) is 5.98. The van der Waals surface area contributed by atoms with Crippen molar-refractivity contribution in [1.29, 1.82) is 0 Å². The number of aromatic nitrogens is 2. The van der Waals surface area contributed by atoms with Crippen molar-refractivity contribution in [3.63, 3.8) is 0 Å².